The Morgan fingerprint density at radius 1 is 1.17 bits per heavy atom. The Kier molecular flexibility index (Phi) is 4.13. The van der Waals surface area contributed by atoms with Gasteiger partial charge in [-0.05, 0) is 79.2 Å². The number of carbonyl (C=O) groups excluding carboxylic acids is 2. The van der Waals surface area contributed by atoms with Crippen LogP contribution in [0.15, 0.2) is 42.3 Å². The van der Waals surface area contributed by atoms with E-state index >= 15 is 0 Å². The number of hydrogen-bond acceptors (Lipinski definition) is 3. The van der Waals surface area contributed by atoms with Gasteiger partial charge in [-0.25, -0.2) is 0 Å². The molecule has 6 atom stereocenters. The Hall–Kier alpha value is -2.23. The lowest BCUT2D eigenvalue weighted by atomic mass is 9.48. The van der Waals surface area contributed by atoms with Crippen molar-refractivity contribution in [2.75, 3.05) is 7.05 Å². The van der Waals surface area contributed by atoms with Gasteiger partial charge >= 0.3 is 0 Å². The Morgan fingerprint density at radius 2 is 2.00 bits per heavy atom. The number of ketones is 1. The van der Waals surface area contributed by atoms with Gasteiger partial charge in [0.05, 0.1) is 0 Å². The normalized spacial score (nSPS) is 42.6. The number of likely N-dealkylation sites (N-methyl/N-ethyl adjacent to an activating group) is 1. The van der Waals surface area contributed by atoms with Gasteiger partial charge in [0.15, 0.2) is 5.78 Å². The zero-order chi connectivity index (χ0) is 20.4. The molecule has 29 heavy (non-hydrogen) atoms. The summed E-state index contributed by atoms with van der Waals surface area (Å²) in [4.78, 5) is 31.8. The molecule has 1 aromatic heterocycles. The van der Waals surface area contributed by atoms with E-state index in [1.54, 1.807) is 12.3 Å². The summed E-state index contributed by atoms with van der Waals surface area (Å²) in [6.07, 6.45) is 14.7. The lowest BCUT2D eigenvalue weighted by Crippen LogP contribution is -2.59. The summed E-state index contributed by atoms with van der Waals surface area (Å²) in [6.45, 7) is 4.56. The minimum atomic E-state index is -0.238. The molecular formula is C25H30N2O2. The van der Waals surface area contributed by atoms with Gasteiger partial charge in [0, 0.05) is 36.3 Å². The molecule has 0 bridgehead atoms. The topological polar surface area (TPSA) is 50.3 Å². The predicted molar refractivity (Wildman–Crippen MR) is 113 cm³/mol. The third-order valence-electron chi connectivity index (χ3n) is 8.79. The maximum absolute atomic E-state index is 13.4. The first-order chi connectivity index (χ1) is 13.8. The molecule has 0 spiro atoms. The van der Waals surface area contributed by atoms with Crippen LogP contribution in [0.25, 0.3) is 6.08 Å². The summed E-state index contributed by atoms with van der Waals surface area (Å²) in [7, 11) is 1.95. The fourth-order valence-electron chi connectivity index (χ4n) is 7.20. The Balaban J connectivity index is 1.49. The van der Waals surface area contributed by atoms with E-state index in [1.165, 1.54) is 0 Å². The van der Waals surface area contributed by atoms with Crippen LogP contribution >= 0.6 is 0 Å². The first-order valence-electron chi connectivity index (χ1n) is 11.0. The van der Waals surface area contributed by atoms with Crippen LogP contribution in [-0.4, -0.2) is 34.7 Å². The molecule has 0 aromatic carbocycles. The van der Waals surface area contributed by atoms with Crippen LogP contribution in [0.3, 0.4) is 0 Å². The minimum Gasteiger partial charge on any atom is -0.338 e. The fourth-order valence-corrected chi connectivity index (χ4v) is 7.20. The highest BCUT2D eigenvalue weighted by molar-refractivity contribution is 6.05. The predicted octanol–water partition coefficient (Wildman–Crippen LogP) is 4.28. The summed E-state index contributed by atoms with van der Waals surface area (Å²) in [5, 5.41) is 0. The molecule has 152 valence electrons. The van der Waals surface area contributed by atoms with Gasteiger partial charge in [0.2, 0.25) is 5.91 Å². The number of carbonyl (C=O) groups is 2. The molecule has 4 nitrogen and oxygen atoms in total. The summed E-state index contributed by atoms with van der Waals surface area (Å²) < 4.78 is 0. The van der Waals surface area contributed by atoms with Gasteiger partial charge in [-0.15, -0.1) is 0 Å². The number of allylic oxidation sites excluding steroid dienone is 1. The Bertz CT molecular complexity index is 920. The average Bonchev–Trinajstić information content (AvgIpc) is 2.97. The molecule has 0 radical (unpaired) electrons. The Morgan fingerprint density at radius 3 is 2.76 bits per heavy atom. The van der Waals surface area contributed by atoms with Crippen molar-refractivity contribution in [1.82, 2.24) is 9.88 Å². The molecule has 1 amide bonds. The van der Waals surface area contributed by atoms with Crippen LogP contribution in [0.1, 0.15) is 51.5 Å². The van der Waals surface area contributed by atoms with Crippen molar-refractivity contribution in [2.45, 2.75) is 52.0 Å². The minimum absolute atomic E-state index is 0.0196. The number of fused-ring (bicyclic) bond motifs is 5. The van der Waals surface area contributed by atoms with Crippen molar-refractivity contribution >= 4 is 17.8 Å². The highest BCUT2D eigenvalue weighted by Gasteiger charge is 2.61. The van der Waals surface area contributed by atoms with Gasteiger partial charge in [0.1, 0.15) is 0 Å². The second-order valence-corrected chi connectivity index (χ2v) is 10.1. The fraction of sp³-hybridized carbons (Fsp3) is 0.560. The van der Waals surface area contributed by atoms with Crippen molar-refractivity contribution in [3.63, 3.8) is 0 Å². The molecule has 0 N–H and O–H groups in total. The van der Waals surface area contributed by atoms with E-state index in [2.05, 4.69) is 31.0 Å². The highest BCUT2D eigenvalue weighted by atomic mass is 16.2. The molecule has 3 aliphatic carbocycles. The lowest BCUT2D eigenvalue weighted by Gasteiger charge is -2.59. The maximum atomic E-state index is 13.4. The summed E-state index contributed by atoms with van der Waals surface area (Å²) in [5.41, 5.74) is 1.77. The van der Waals surface area contributed by atoms with E-state index < -0.39 is 0 Å². The van der Waals surface area contributed by atoms with Crippen LogP contribution in [0.2, 0.25) is 0 Å². The second-order valence-electron chi connectivity index (χ2n) is 10.1. The monoisotopic (exact) mass is 390 g/mol. The zero-order valence-corrected chi connectivity index (χ0v) is 17.6. The Labute approximate surface area is 173 Å². The summed E-state index contributed by atoms with van der Waals surface area (Å²) in [6, 6.07) is 4.23. The largest absolute Gasteiger partial charge is 0.338 e. The van der Waals surface area contributed by atoms with E-state index in [-0.39, 0.29) is 22.8 Å². The zero-order valence-electron chi connectivity index (χ0n) is 17.6. The quantitative estimate of drug-likeness (QED) is 0.673. The number of aromatic nitrogens is 1. The number of pyridine rings is 1. The molecule has 0 saturated heterocycles. The van der Waals surface area contributed by atoms with E-state index in [1.807, 2.05) is 30.3 Å². The molecule has 1 aliphatic heterocycles. The highest BCUT2D eigenvalue weighted by Crippen LogP contribution is 2.63. The summed E-state index contributed by atoms with van der Waals surface area (Å²) in [5.74, 6) is 1.97. The summed E-state index contributed by atoms with van der Waals surface area (Å²) >= 11 is 0. The van der Waals surface area contributed by atoms with Crippen molar-refractivity contribution in [3.8, 4) is 0 Å². The lowest BCUT2D eigenvalue weighted by molar-refractivity contribution is -0.141. The van der Waals surface area contributed by atoms with Crippen LogP contribution in [-0.2, 0) is 9.59 Å². The van der Waals surface area contributed by atoms with E-state index in [9.17, 15) is 9.59 Å². The van der Waals surface area contributed by atoms with Crippen molar-refractivity contribution < 1.29 is 9.59 Å². The van der Waals surface area contributed by atoms with Gasteiger partial charge in [-0.3, -0.25) is 14.6 Å². The molecule has 1 aromatic rings. The average molecular weight is 391 g/mol. The van der Waals surface area contributed by atoms with Crippen molar-refractivity contribution in [2.24, 2.45) is 28.6 Å². The van der Waals surface area contributed by atoms with Gasteiger partial charge in [-0.2, -0.15) is 0 Å². The van der Waals surface area contributed by atoms with Gasteiger partial charge in [-0.1, -0.05) is 26.0 Å². The number of rotatable bonds is 1. The second kappa shape index (κ2) is 6.38. The third kappa shape index (κ3) is 2.60. The molecule has 4 aliphatic rings. The van der Waals surface area contributed by atoms with E-state index in [0.717, 1.165) is 43.2 Å². The molecule has 3 fully saturated rings. The van der Waals surface area contributed by atoms with Crippen LogP contribution < -0.4 is 0 Å². The third-order valence-corrected chi connectivity index (χ3v) is 8.79. The number of hydrogen-bond donors (Lipinski definition) is 0. The smallest absolute Gasteiger partial charge is 0.246 e. The van der Waals surface area contributed by atoms with Crippen molar-refractivity contribution in [1.29, 1.82) is 0 Å². The standard InChI is InChI=1S/C25H30N2O2/c1-24-11-9-22(28)27(3)21(24)7-6-18-19(24)8-10-25(2)20(18)14-17(23(25)29)13-16-5-4-12-26-15-16/h4-5,9,11-13,15,18-21H,6-8,10,14H2,1-3H3/b17-13+/t18-,19+,20+,21-,24-,25+/m1/s1. The van der Waals surface area contributed by atoms with Gasteiger partial charge in [0.25, 0.3) is 0 Å². The molecule has 4 heteroatoms. The van der Waals surface area contributed by atoms with E-state index in [4.69, 9.17) is 0 Å². The van der Waals surface area contributed by atoms with E-state index in [0.29, 0.717) is 23.5 Å². The molecular weight excluding hydrogens is 360 g/mol. The van der Waals surface area contributed by atoms with Crippen LogP contribution in [0.4, 0.5) is 0 Å². The molecule has 3 saturated carbocycles. The number of nitrogens with zero attached hydrogens (tertiary/aromatic N) is 2. The first-order valence-corrected chi connectivity index (χ1v) is 11.0. The SMILES string of the molecule is CN1C(=O)C=C[C@]2(C)[C@H]3CC[C@]4(C)C(=O)/C(=C/c5cccnc5)C[C@H]4[C@@H]3CC[C@@H]12. The van der Waals surface area contributed by atoms with Crippen LogP contribution in [0, 0.1) is 28.6 Å². The molecule has 5 rings (SSSR count). The van der Waals surface area contributed by atoms with Crippen molar-refractivity contribution in [3.05, 3.63) is 47.8 Å². The number of amides is 1. The first kappa shape index (κ1) is 18.8. The maximum Gasteiger partial charge on any atom is 0.246 e. The molecule has 2 heterocycles. The van der Waals surface area contributed by atoms with Crippen LogP contribution in [0.5, 0.6) is 0 Å². The number of Topliss-reactive ketones (excluding diaryl/α,β-unsaturated/α-hetero) is 1. The molecule has 0 unspecified atom stereocenters. The van der Waals surface area contributed by atoms with Gasteiger partial charge < -0.3 is 4.90 Å².